The van der Waals surface area contributed by atoms with Crippen LogP contribution in [-0.2, 0) is 0 Å². The molecule has 1 nitrogen and oxygen atoms in total. The van der Waals surface area contributed by atoms with E-state index in [-0.39, 0.29) is 0 Å². The molecule has 17 heavy (non-hydrogen) atoms. The molecule has 0 aliphatic heterocycles. The second kappa shape index (κ2) is 5.78. The average molecular weight is 243 g/mol. The van der Waals surface area contributed by atoms with Crippen LogP contribution in [0.5, 0.6) is 0 Å². The smallest absolute Gasteiger partial charge is 0.0440 e. The highest BCUT2D eigenvalue weighted by Crippen LogP contribution is 2.25. The number of rotatable bonds is 4. The van der Waals surface area contributed by atoms with Crippen molar-refractivity contribution in [3.05, 3.63) is 65.7 Å². The zero-order valence-corrected chi connectivity index (χ0v) is 11.0. The van der Waals surface area contributed by atoms with E-state index < -0.39 is 0 Å². The first-order valence-electron chi connectivity index (χ1n) is 5.75. The van der Waals surface area contributed by atoms with Crippen LogP contribution in [0.3, 0.4) is 0 Å². The minimum Gasteiger partial charge on any atom is -0.330 e. The van der Waals surface area contributed by atoms with Gasteiger partial charge in [-0.05, 0) is 23.3 Å². The Balaban J connectivity index is 2.17. The normalized spacial score (nSPS) is 12.1. The first-order valence-corrected chi connectivity index (χ1v) is 6.97. The highest BCUT2D eigenvalue weighted by Gasteiger charge is 2.07. The minimum absolute atomic E-state index is 0.444. The maximum atomic E-state index is 3.23. The Morgan fingerprint density at radius 2 is 1.47 bits per heavy atom. The van der Waals surface area contributed by atoms with Gasteiger partial charge < -0.3 is 4.72 Å². The molecular formula is C15H17NS. The van der Waals surface area contributed by atoms with Crippen molar-refractivity contribution in [2.24, 2.45) is 0 Å². The topological polar surface area (TPSA) is 12.0 Å². The van der Waals surface area contributed by atoms with Gasteiger partial charge in [-0.25, -0.2) is 0 Å². The van der Waals surface area contributed by atoms with Crippen LogP contribution in [0.15, 0.2) is 54.6 Å². The lowest BCUT2D eigenvalue weighted by atomic mass is 9.93. The minimum atomic E-state index is 0.444. The molecule has 0 aliphatic carbocycles. The van der Waals surface area contributed by atoms with E-state index in [4.69, 9.17) is 0 Å². The van der Waals surface area contributed by atoms with E-state index >= 15 is 0 Å². The van der Waals surface area contributed by atoms with Gasteiger partial charge in [-0.15, -0.1) is 0 Å². The van der Waals surface area contributed by atoms with Gasteiger partial charge in [0.1, 0.15) is 0 Å². The molecular weight excluding hydrogens is 226 g/mol. The Labute approximate surface area is 107 Å². The third-order valence-electron chi connectivity index (χ3n) is 2.93. The van der Waals surface area contributed by atoms with Crippen LogP contribution in [-0.4, -0.2) is 6.26 Å². The molecule has 2 aromatic carbocycles. The van der Waals surface area contributed by atoms with Gasteiger partial charge in [0, 0.05) is 17.9 Å². The predicted molar refractivity (Wildman–Crippen MR) is 77.5 cm³/mol. The van der Waals surface area contributed by atoms with E-state index in [1.54, 1.807) is 11.9 Å². The largest absolute Gasteiger partial charge is 0.330 e. The van der Waals surface area contributed by atoms with Gasteiger partial charge in [-0.2, -0.15) is 0 Å². The molecule has 1 atom stereocenters. The molecule has 2 rings (SSSR count). The first kappa shape index (κ1) is 12.1. The highest BCUT2D eigenvalue weighted by molar-refractivity contribution is 7.99. The molecule has 0 amide bonds. The lowest BCUT2D eigenvalue weighted by Crippen LogP contribution is -1.95. The quantitative estimate of drug-likeness (QED) is 0.792. The summed E-state index contributed by atoms with van der Waals surface area (Å²) in [5, 5.41) is 0. The van der Waals surface area contributed by atoms with Gasteiger partial charge in [0.15, 0.2) is 0 Å². The molecule has 0 aliphatic rings. The second-order valence-corrected chi connectivity index (χ2v) is 4.67. The summed E-state index contributed by atoms with van der Waals surface area (Å²) in [5.41, 5.74) is 3.86. The Morgan fingerprint density at radius 1 is 0.882 bits per heavy atom. The van der Waals surface area contributed by atoms with Crippen molar-refractivity contribution in [2.45, 2.75) is 12.8 Å². The molecule has 2 heteroatoms. The third kappa shape index (κ3) is 3.04. The molecule has 1 unspecified atom stereocenters. The molecule has 0 saturated heterocycles. The molecule has 0 bridgehead atoms. The van der Waals surface area contributed by atoms with E-state index in [1.807, 2.05) is 6.26 Å². The van der Waals surface area contributed by atoms with Crippen molar-refractivity contribution in [1.29, 1.82) is 0 Å². The average Bonchev–Trinajstić information content (AvgIpc) is 2.40. The predicted octanol–water partition coefficient (Wildman–Crippen LogP) is 4.53. The number of anilines is 1. The molecule has 2 aromatic rings. The number of nitrogens with one attached hydrogen (secondary N) is 1. The van der Waals surface area contributed by atoms with E-state index in [1.165, 1.54) is 11.1 Å². The summed E-state index contributed by atoms with van der Waals surface area (Å²) in [6, 6.07) is 19.2. The van der Waals surface area contributed by atoms with E-state index in [2.05, 4.69) is 66.2 Å². The van der Waals surface area contributed by atoms with Crippen LogP contribution in [0.1, 0.15) is 24.0 Å². The Hall–Kier alpha value is -1.41. The van der Waals surface area contributed by atoms with Gasteiger partial charge >= 0.3 is 0 Å². The van der Waals surface area contributed by atoms with Crippen LogP contribution in [0.2, 0.25) is 0 Å². The fourth-order valence-corrected chi connectivity index (χ4v) is 2.26. The van der Waals surface area contributed by atoms with E-state index in [9.17, 15) is 0 Å². The lowest BCUT2D eigenvalue weighted by molar-refractivity contribution is 0.923. The standard InChI is InChI=1S/C15H17NS/c1-12(13-6-4-3-5-7-13)14-8-10-15(11-9-14)16-17-2/h3-12,16H,1-2H3. The zero-order chi connectivity index (χ0) is 12.1. The zero-order valence-electron chi connectivity index (χ0n) is 10.2. The van der Waals surface area contributed by atoms with Crippen LogP contribution in [0.4, 0.5) is 5.69 Å². The van der Waals surface area contributed by atoms with Gasteiger partial charge in [-0.3, -0.25) is 0 Å². The van der Waals surface area contributed by atoms with E-state index in [0.717, 1.165) is 5.69 Å². The molecule has 0 radical (unpaired) electrons. The molecule has 0 heterocycles. The van der Waals surface area contributed by atoms with Crippen molar-refractivity contribution in [3.63, 3.8) is 0 Å². The number of hydrogen-bond acceptors (Lipinski definition) is 2. The molecule has 1 N–H and O–H groups in total. The van der Waals surface area contributed by atoms with Crippen molar-refractivity contribution < 1.29 is 0 Å². The van der Waals surface area contributed by atoms with Crippen LogP contribution >= 0.6 is 11.9 Å². The monoisotopic (exact) mass is 243 g/mol. The Kier molecular flexibility index (Phi) is 4.10. The fourth-order valence-electron chi connectivity index (χ4n) is 1.89. The van der Waals surface area contributed by atoms with Crippen LogP contribution < -0.4 is 4.72 Å². The highest BCUT2D eigenvalue weighted by atomic mass is 32.2. The van der Waals surface area contributed by atoms with Gasteiger partial charge in [0.25, 0.3) is 0 Å². The molecule has 0 saturated carbocycles. The summed E-state index contributed by atoms with van der Waals surface area (Å²) >= 11 is 1.62. The summed E-state index contributed by atoms with van der Waals surface area (Å²) in [7, 11) is 0. The number of hydrogen-bond donors (Lipinski definition) is 1. The first-order chi connectivity index (χ1) is 8.31. The van der Waals surface area contributed by atoms with E-state index in [0.29, 0.717) is 5.92 Å². The fraction of sp³-hybridized carbons (Fsp3) is 0.200. The summed E-state index contributed by atoms with van der Waals surface area (Å²) in [6.45, 7) is 2.24. The summed E-state index contributed by atoms with van der Waals surface area (Å²) in [4.78, 5) is 0. The maximum absolute atomic E-state index is 3.23. The summed E-state index contributed by atoms with van der Waals surface area (Å²) < 4.78 is 3.23. The summed E-state index contributed by atoms with van der Waals surface area (Å²) in [6.07, 6.45) is 2.03. The van der Waals surface area contributed by atoms with Crippen LogP contribution in [0, 0.1) is 0 Å². The van der Waals surface area contributed by atoms with Gasteiger partial charge in [0.2, 0.25) is 0 Å². The SMILES string of the molecule is CSNc1ccc(C(C)c2ccccc2)cc1. The van der Waals surface area contributed by atoms with Crippen molar-refractivity contribution in [1.82, 2.24) is 0 Å². The van der Waals surface area contributed by atoms with Crippen molar-refractivity contribution >= 4 is 17.6 Å². The Bertz CT molecular complexity index is 450. The molecule has 0 aromatic heterocycles. The maximum Gasteiger partial charge on any atom is 0.0440 e. The third-order valence-corrected chi connectivity index (χ3v) is 3.37. The van der Waals surface area contributed by atoms with Crippen molar-refractivity contribution in [3.8, 4) is 0 Å². The lowest BCUT2D eigenvalue weighted by Gasteiger charge is -2.13. The second-order valence-electron chi connectivity index (χ2n) is 4.06. The summed E-state index contributed by atoms with van der Waals surface area (Å²) in [5.74, 6) is 0.444. The molecule has 88 valence electrons. The van der Waals surface area contributed by atoms with Gasteiger partial charge in [-0.1, -0.05) is 61.3 Å². The van der Waals surface area contributed by atoms with Crippen LogP contribution in [0.25, 0.3) is 0 Å². The number of benzene rings is 2. The molecule has 0 spiro atoms. The molecule has 0 fully saturated rings. The van der Waals surface area contributed by atoms with Crippen molar-refractivity contribution in [2.75, 3.05) is 11.0 Å². The van der Waals surface area contributed by atoms with Gasteiger partial charge in [0.05, 0.1) is 0 Å². The Morgan fingerprint density at radius 3 is 2.06 bits per heavy atom.